The van der Waals surface area contributed by atoms with Gasteiger partial charge < -0.3 is 10.1 Å². The lowest BCUT2D eigenvalue weighted by Gasteiger charge is -2.15. The molecule has 1 N–H and O–H groups in total. The van der Waals surface area contributed by atoms with Gasteiger partial charge >= 0.3 is 0 Å². The van der Waals surface area contributed by atoms with Gasteiger partial charge in [-0.05, 0) is 43.5 Å². The van der Waals surface area contributed by atoms with E-state index in [0.717, 1.165) is 29.0 Å². The van der Waals surface area contributed by atoms with E-state index >= 15 is 0 Å². The second-order valence-electron chi connectivity index (χ2n) is 5.80. The average molecular weight is 311 g/mol. The fraction of sp³-hybridized carbons (Fsp3) is 0.350. The van der Waals surface area contributed by atoms with Crippen molar-refractivity contribution < 1.29 is 9.53 Å². The van der Waals surface area contributed by atoms with Gasteiger partial charge in [-0.2, -0.15) is 0 Å². The smallest absolute Gasteiger partial charge is 0.224 e. The minimum atomic E-state index is 0.0195. The summed E-state index contributed by atoms with van der Waals surface area (Å²) < 4.78 is 5.96. The zero-order valence-electron chi connectivity index (χ0n) is 14.4. The Hall–Kier alpha value is -2.29. The van der Waals surface area contributed by atoms with Crippen molar-refractivity contribution in [3.8, 4) is 5.75 Å². The minimum absolute atomic E-state index is 0.0195. The molecule has 0 atom stereocenters. The van der Waals surface area contributed by atoms with Gasteiger partial charge in [-0.1, -0.05) is 43.7 Å². The fourth-order valence-corrected chi connectivity index (χ4v) is 2.44. The van der Waals surface area contributed by atoms with Crippen molar-refractivity contribution in [3.63, 3.8) is 0 Å². The summed E-state index contributed by atoms with van der Waals surface area (Å²) in [6.45, 7) is 8.51. The van der Waals surface area contributed by atoms with Crippen LogP contribution < -0.4 is 10.1 Å². The lowest BCUT2D eigenvalue weighted by Crippen LogP contribution is -2.12. The molecule has 0 saturated carbocycles. The molecule has 0 bridgehead atoms. The summed E-state index contributed by atoms with van der Waals surface area (Å²) in [5, 5.41) is 2.98. The topological polar surface area (TPSA) is 38.3 Å². The zero-order chi connectivity index (χ0) is 16.8. The summed E-state index contributed by atoms with van der Waals surface area (Å²) in [5.41, 5.74) is 5.38. The number of amides is 1. The highest BCUT2D eigenvalue weighted by Gasteiger charge is 2.08. The van der Waals surface area contributed by atoms with Gasteiger partial charge in [-0.3, -0.25) is 4.79 Å². The maximum Gasteiger partial charge on any atom is 0.224 e. The Labute approximate surface area is 138 Å². The first-order valence-electron chi connectivity index (χ1n) is 8.15. The molecule has 0 radical (unpaired) electrons. The van der Waals surface area contributed by atoms with Gasteiger partial charge in [0.2, 0.25) is 5.91 Å². The number of rotatable bonds is 6. The van der Waals surface area contributed by atoms with Crippen LogP contribution in [0.3, 0.4) is 0 Å². The number of ether oxygens (including phenoxy) is 1. The molecule has 0 spiro atoms. The number of carbonyl (C=O) groups excluding carboxylic acids is 1. The van der Waals surface area contributed by atoms with Crippen LogP contribution in [-0.4, -0.2) is 5.91 Å². The number of hydrogen-bond donors (Lipinski definition) is 1. The first kappa shape index (κ1) is 17.1. The molecule has 0 aliphatic heterocycles. The molecule has 0 heterocycles. The third-order valence-electron chi connectivity index (χ3n) is 3.89. The van der Waals surface area contributed by atoms with Crippen molar-refractivity contribution in [2.75, 3.05) is 5.32 Å². The standard InChI is InChI=1S/C20H25NO2/c1-5-16-8-9-17(18(12-16)21-20(22)6-2)13-23-19-10-7-14(3)11-15(19)4/h7-12H,5-6,13H2,1-4H3,(H,21,22). The molecule has 0 aliphatic carbocycles. The highest BCUT2D eigenvalue weighted by molar-refractivity contribution is 5.91. The lowest BCUT2D eigenvalue weighted by molar-refractivity contribution is -0.115. The second-order valence-corrected chi connectivity index (χ2v) is 5.80. The summed E-state index contributed by atoms with van der Waals surface area (Å²) in [5.74, 6) is 0.897. The molecule has 2 aromatic rings. The molecule has 0 unspecified atom stereocenters. The Bertz CT molecular complexity index is 692. The largest absolute Gasteiger partial charge is 0.489 e. The van der Waals surface area contributed by atoms with Crippen LogP contribution in [0.4, 0.5) is 5.69 Å². The maximum absolute atomic E-state index is 11.7. The van der Waals surface area contributed by atoms with E-state index in [0.29, 0.717) is 13.0 Å². The van der Waals surface area contributed by atoms with E-state index in [1.165, 1.54) is 11.1 Å². The Morgan fingerprint density at radius 2 is 1.87 bits per heavy atom. The van der Waals surface area contributed by atoms with E-state index in [1.807, 2.05) is 38.1 Å². The quantitative estimate of drug-likeness (QED) is 0.832. The van der Waals surface area contributed by atoms with E-state index in [1.54, 1.807) is 0 Å². The van der Waals surface area contributed by atoms with E-state index in [-0.39, 0.29) is 5.91 Å². The minimum Gasteiger partial charge on any atom is -0.489 e. The summed E-state index contributed by atoms with van der Waals surface area (Å²) in [4.78, 5) is 11.7. The third kappa shape index (κ3) is 4.59. The SMILES string of the molecule is CCC(=O)Nc1cc(CC)ccc1COc1ccc(C)cc1C. The van der Waals surface area contributed by atoms with Crippen LogP contribution in [0, 0.1) is 13.8 Å². The number of nitrogens with one attached hydrogen (secondary N) is 1. The van der Waals surface area contributed by atoms with Gasteiger partial charge in [-0.15, -0.1) is 0 Å². The van der Waals surface area contributed by atoms with Crippen LogP contribution in [0.5, 0.6) is 5.75 Å². The van der Waals surface area contributed by atoms with Gasteiger partial charge in [0.1, 0.15) is 12.4 Å². The average Bonchev–Trinajstić information content (AvgIpc) is 2.54. The first-order chi connectivity index (χ1) is 11.0. The van der Waals surface area contributed by atoms with Gasteiger partial charge in [0, 0.05) is 17.7 Å². The molecule has 2 aromatic carbocycles. The number of hydrogen-bond acceptors (Lipinski definition) is 2. The zero-order valence-corrected chi connectivity index (χ0v) is 14.4. The van der Waals surface area contributed by atoms with E-state index in [4.69, 9.17) is 4.74 Å². The van der Waals surface area contributed by atoms with Gasteiger partial charge in [0.15, 0.2) is 0 Å². The Morgan fingerprint density at radius 3 is 2.52 bits per heavy atom. The van der Waals surface area contributed by atoms with Gasteiger partial charge in [0.25, 0.3) is 0 Å². The number of benzene rings is 2. The van der Waals surface area contributed by atoms with Crippen LogP contribution in [0.1, 0.15) is 42.5 Å². The Balaban J connectivity index is 2.19. The predicted molar refractivity (Wildman–Crippen MR) is 95.0 cm³/mol. The molecular formula is C20H25NO2. The number of anilines is 1. The van der Waals surface area contributed by atoms with Crippen molar-refractivity contribution >= 4 is 11.6 Å². The highest BCUT2D eigenvalue weighted by atomic mass is 16.5. The van der Waals surface area contributed by atoms with Crippen LogP contribution in [0.15, 0.2) is 36.4 Å². The molecule has 122 valence electrons. The molecule has 0 saturated heterocycles. The molecule has 3 heteroatoms. The van der Waals surface area contributed by atoms with Crippen molar-refractivity contribution in [2.24, 2.45) is 0 Å². The predicted octanol–water partition coefficient (Wildman–Crippen LogP) is 4.79. The second kappa shape index (κ2) is 7.82. The van der Waals surface area contributed by atoms with Gasteiger partial charge in [-0.25, -0.2) is 0 Å². The molecule has 3 nitrogen and oxygen atoms in total. The summed E-state index contributed by atoms with van der Waals surface area (Å²) >= 11 is 0. The molecule has 0 aliphatic rings. The van der Waals surface area contributed by atoms with Crippen molar-refractivity contribution in [1.29, 1.82) is 0 Å². The summed E-state index contributed by atoms with van der Waals surface area (Å²) in [7, 11) is 0. The molecule has 0 fully saturated rings. The molecule has 0 aromatic heterocycles. The van der Waals surface area contributed by atoms with Crippen LogP contribution in [0.2, 0.25) is 0 Å². The van der Waals surface area contributed by atoms with Crippen LogP contribution in [0.25, 0.3) is 0 Å². The normalized spacial score (nSPS) is 10.4. The molecule has 23 heavy (non-hydrogen) atoms. The van der Waals surface area contributed by atoms with E-state index in [2.05, 4.69) is 31.3 Å². The van der Waals surface area contributed by atoms with Gasteiger partial charge in [0.05, 0.1) is 0 Å². The van der Waals surface area contributed by atoms with E-state index < -0.39 is 0 Å². The summed E-state index contributed by atoms with van der Waals surface area (Å²) in [6.07, 6.45) is 1.40. The Morgan fingerprint density at radius 1 is 1.09 bits per heavy atom. The Kier molecular flexibility index (Phi) is 5.80. The fourth-order valence-electron chi connectivity index (χ4n) is 2.44. The highest BCUT2D eigenvalue weighted by Crippen LogP contribution is 2.24. The maximum atomic E-state index is 11.7. The van der Waals surface area contributed by atoms with Crippen molar-refractivity contribution in [2.45, 2.75) is 47.1 Å². The number of carbonyl (C=O) groups is 1. The third-order valence-corrected chi connectivity index (χ3v) is 3.89. The molecular weight excluding hydrogens is 286 g/mol. The number of aryl methyl sites for hydroxylation is 3. The van der Waals surface area contributed by atoms with Crippen LogP contribution in [-0.2, 0) is 17.8 Å². The monoisotopic (exact) mass is 311 g/mol. The van der Waals surface area contributed by atoms with E-state index in [9.17, 15) is 4.79 Å². The van der Waals surface area contributed by atoms with Crippen LogP contribution >= 0.6 is 0 Å². The summed E-state index contributed by atoms with van der Waals surface area (Å²) in [6, 6.07) is 12.3. The van der Waals surface area contributed by atoms with Crippen molar-refractivity contribution in [3.05, 3.63) is 58.7 Å². The lowest BCUT2D eigenvalue weighted by atomic mass is 10.1. The first-order valence-corrected chi connectivity index (χ1v) is 8.15. The van der Waals surface area contributed by atoms with Crippen molar-refractivity contribution in [1.82, 2.24) is 0 Å². The molecule has 1 amide bonds. The molecule has 2 rings (SSSR count).